The van der Waals surface area contributed by atoms with Crippen LogP contribution in [0.2, 0.25) is 0 Å². The first-order chi connectivity index (χ1) is 9.14. The van der Waals surface area contributed by atoms with E-state index in [4.69, 9.17) is 10.5 Å². The number of nitrogens with one attached hydrogen (secondary N) is 1. The van der Waals surface area contributed by atoms with Gasteiger partial charge in [-0.2, -0.15) is 0 Å². The van der Waals surface area contributed by atoms with Crippen LogP contribution in [0.5, 0.6) is 5.75 Å². The molecule has 0 aliphatic rings. The quantitative estimate of drug-likeness (QED) is 0.848. The molecule has 3 N–H and O–H groups in total. The summed E-state index contributed by atoms with van der Waals surface area (Å²) in [7, 11) is -1.98. The third kappa shape index (κ3) is 2.66. The van der Waals surface area contributed by atoms with Crippen LogP contribution in [0.1, 0.15) is 20.8 Å². The number of fused-ring (bicyclic) bond motifs is 1. The maximum Gasteiger partial charge on any atom is 0.239 e. The molecule has 2 rings (SSSR count). The molecule has 0 bridgehead atoms. The van der Waals surface area contributed by atoms with Crippen molar-refractivity contribution in [2.45, 2.75) is 25.5 Å². The van der Waals surface area contributed by atoms with Crippen LogP contribution in [0.4, 0.5) is 10.8 Å². The van der Waals surface area contributed by atoms with Crippen LogP contribution in [0.3, 0.4) is 0 Å². The Balaban J connectivity index is 2.48. The lowest BCUT2D eigenvalue weighted by molar-refractivity contribution is 0.419. The minimum Gasteiger partial charge on any atom is -0.494 e. The monoisotopic (exact) mass is 315 g/mol. The first kappa shape index (κ1) is 14.9. The molecule has 20 heavy (non-hydrogen) atoms. The molecule has 2 aromatic rings. The van der Waals surface area contributed by atoms with Gasteiger partial charge in [-0.1, -0.05) is 11.3 Å². The molecule has 0 atom stereocenters. The van der Waals surface area contributed by atoms with Gasteiger partial charge in [-0.15, -0.1) is 0 Å². The number of aromatic nitrogens is 1. The van der Waals surface area contributed by atoms with Crippen molar-refractivity contribution >= 4 is 42.4 Å². The number of hydrogen-bond acceptors (Lipinski definition) is 6. The van der Waals surface area contributed by atoms with Crippen molar-refractivity contribution in [2.75, 3.05) is 17.6 Å². The number of nitrogens with two attached hydrogens (primary N) is 1. The topological polar surface area (TPSA) is 94.3 Å². The van der Waals surface area contributed by atoms with Crippen molar-refractivity contribution in [3.05, 3.63) is 12.1 Å². The van der Waals surface area contributed by atoms with Crippen LogP contribution >= 0.6 is 11.3 Å². The lowest BCUT2D eigenvalue weighted by Crippen LogP contribution is -2.33. The van der Waals surface area contributed by atoms with Gasteiger partial charge in [-0.3, -0.25) is 4.72 Å². The molecular formula is C12H17N3O3S2. The van der Waals surface area contributed by atoms with Crippen LogP contribution in [-0.4, -0.2) is 25.3 Å². The second-order valence-electron chi connectivity index (χ2n) is 5.31. The highest BCUT2D eigenvalue weighted by molar-refractivity contribution is 7.94. The van der Waals surface area contributed by atoms with Gasteiger partial charge < -0.3 is 10.5 Å². The van der Waals surface area contributed by atoms with Gasteiger partial charge in [0.25, 0.3) is 0 Å². The fourth-order valence-electron chi connectivity index (χ4n) is 1.49. The van der Waals surface area contributed by atoms with Gasteiger partial charge in [-0.25, -0.2) is 13.4 Å². The number of anilines is 2. The maximum atomic E-state index is 12.1. The fourth-order valence-corrected chi connectivity index (χ4v) is 3.35. The number of methoxy groups -OCH3 is 1. The molecular weight excluding hydrogens is 298 g/mol. The normalized spacial score (nSPS) is 12.6. The van der Waals surface area contributed by atoms with Crippen LogP contribution in [0.25, 0.3) is 10.2 Å². The molecule has 0 unspecified atom stereocenters. The molecule has 0 amide bonds. The third-order valence-electron chi connectivity index (χ3n) is 2.73. The van der Waals surface area contributed by atoms with Gasteiger partial charge in [0, 0.05) is 11.8 Å². The highest BCUT2D eigenvalue weighted by atomic mass is 32.2. The zero-order valence-corrected chi connectivity index (χ0v) is 13.4. The van der Waals surface area contributed by atoms with Gasteiger partial charge in [-0.05, 0) is 26.8 Å². The van der Waals surface area contributed by atoms with Crippen LogP contribution in [0, 0.1) is 0 Å². The SMILES string of the molecule is COc1cc(N)cc2sc(NS(=O)(=O)C(C)(C)C)nc12. The molecule has 6 nitrogen and oxygen atoms in total. The number of rotatable bonds is 3. The Bertz CT molecular complexity index is 745. The maximum absolute atomic E-state index is 12.1. The summed E-state index contributed by atoms with van der Waals surface area (Å²) in [6, 6.07) is 3.40. The molecule has 110 valence electrons. The Kier molecular flexibility index (Phi) is 3.55. The van der Waals surface area contributed by atoms with E-state index in [1.54, 1.807) is 32.9 Å². The van der Waals surface area contributed by atoms with Crippen LogP contribution < -0.4 is 15.2 Å². The van der Waals surface area contributed by atoms with Crippen molar-refractivity contribution in [1.82, 2.24) is 4.98 Å². The predicted molar refractivity (Wildman–Crippen MR) is 82.9 cm³/mol. The summed E-state index contributed by atoms with van der Waals surface area (Å²) in [5.41, 5.74) is 6.91. The Labute approximate surface area is 122 Å². The standard InChI is InChI=1S/C12H17N3O3S2/c1-12(2,3)20(16,17)15-11-14-10-8(18-4)5-7(13)6-9(10)19-11/h5-6H,13H2,1-4H3,(H,14,15). The minimum atomic E-state index is -3.50. The van der Waals surface area contributed by atoms with E-state index < -0.39 is 14.8 Å². The number of nitrogen functional groups attached to an aromatic ring is 1. The van der Waals surface area contributed by atoms with Crippen LogP contribution in [-0.2, 0) is 10.0 Å². The van der Waals surface area contributed by atoms with E-state index >= 15 is 0 Å². The van der Waals surface area contributed by atoms with E-state index in [9.17, 15) is 8.42 Å². The molecule has 8 heteroatoms. The second-order valence-corrected chi connectivity index (χ2v) is 8.77. The second kappa shape index (κ2) is 4.78. The number of sulfonamides is 1. The van der Waals surface area contributed by atoms with E-state index in [-0.39, 0.29) is 0 Å². The van der Waals surface area contributed by atoms with Gasteiger partial charge in [0.2, 0.25) is 10.0 Å². The molecule has 0 saturated carbocycles. The lowest BCUT2D eigenvalue weighted by atomic mass is 10.3. The number of benzene rings is 1. The largest absolute Gasteiger partial charge is 0.494 e. The lowest BCUT2D eigenvalue weighted by Gasteiger charge is -2.18. The zero-order chi connectivity index (χ0) is 15.1. The van der Waals surface area contributed by atoms with Crippen LogP contribution in [0.15, 0.2) is 12.1 Å². The molecule has 1 aromatic heterocycles. The highest BCUT2D eigenvalue weighted by Gasteiger charge is 2.30. The highest BCUT2D eigenvalue weighted by Crippen LogP contribution is 2.35. The van der Waals surface area contributed by atoms with Crippen molar-refractivity contribution < 1.29 is 13.2 Å². The molecule has 0 saturated heterocycles. The summed E-state index contributed by atoms with van der Waals surface area (Å²) in [5, 5.41) is 0.304. The molecule has 0 spiro atoms. The fraction of sp³-hybridized carbons (Fsp3) is 0.417. The first-order valence-corrected chi connectivity index (χ1v) is 8.20. The third-order valence-corrected chi connectivity index (χ3v) is 5.85. The molecule has 0 radical (unpaired) electrons. The van der Waals surface area contributed by atoms with Crippen molar-refractivity contribution in [3.63, 3.8) is 0 Å². The molecule has 1 heterocycles. The molecule has 0 fully saturated rings. The Morgan fingerprint density at radius 3 is 2.55 bits per heavy atom. The van der Waals surface area contributed by atoms with Crippen molar-refractivity contribution in [3.8, 4) is 5.75 Å². The Morgan fingerprint density at radius 2 is 2.00 bits per heavy atom. The average Bonchev–Trinajstić information content (AvgIpc) is 2.67. The molecule has 1 aromatic carbocycles. The smallest absolute Gasteiger partial charge is 0.239 e. The van der Waals surface area contributed by atoms with Gasteiger partial charge in [0.05, 0.1) is 16.6 Å². The van der Waals surface area contributed by atoms with E-state index in [2.05, 4.69) is 9.71 Å². The van der Waals surface area contributed by atoms with Gasteiger partial charge in [0.15, 0.2) is 5.13 Å². The predicted octanol–water partition coefficient (Wildman–Crippen LogP) is 2.43. The first-order valence-electron chi connectivity index (χ1n) is 5.90. The van der Waals surface area contributed by atoms with E-state index in [0.29, 0.717) is 22.1 Å². The summed E-state index contributed by atoms with van der Waals surface area (Å²) < 4.78 is 31.8. The number of thiazole rings is 1. The van der Waals surface area contributed by atoms with E-state index in [1.807, 2.05) is 0 Å². The Morgan fingerprint density at radius 1 is 1.35 bits per heavy atom. The summed E-state index contributed by atoms with van der Waals surface area (Å²) in [6.07, 6.45) is 0. The van der Waals surface area contributed by atoms with Crippen molar-refractivity contribution in [1.29, 1.82) is 0 Å². The van der Waals surface area contributed by atoms with E-state index in [1.165, 1.54) is 18.4 Å². The van der Waals surface area contributed by atoms with Gasteiger partial charge in [0.1, 0.15) is 11.3 Å². The summed E-state index contributed by atoms with van der Waals surface area (Å²) in [5.74, 6) is 0.525. The molecule has 0 aliphatic heterocycles. The number of ether oxygens (including phenoxy) is 1. The Hall–Kier alpha value is -1.54. The summed E-state index contributed by atoms with van der Waals surface area (Å²) in [6.45, 7) is 4.88. The minimum absolute atomic E-state index is 0.304. The zero-order valence-electron chi connectivity index (χ0n) is 11.7. The number of hydrogen-bond donors (Lipinski definition) is 2. The van der Waals surface area contributed by atoms with E-state index in [0.717, 1.165) is 4.70 Å². The molecule has 0 aliphatic carbocycles. The van der Waals surface area contributed by atoms with Crippen molar-refractivity contribution in [2.24, 2.45) is 0 Å². The number of nitrogens with zero attached hydrogens (tertiary/aromatic N) is 1. The summed E-state index contributed by atoms with van der Waals surface area (Å²) >= 11 is 1.22. The summed E-state index contributed by atoms with van der Waals surface area (Å²) in [4.78, 5) is 4.27. The average molecular weight is 315 g/mol. The van der Waals surface area contributed by atoms with Gasteiger partial charge >= 0.3 is 0 Å².